The van der Waals surface area contributed by atoms with Crippen molar-refractivity contribution in [3.05, 3.63) is 35.9 Å². The van der Waals surface area contributed by atoms with Gasteiger partial charge in [-0.15, -0.1) is 9.42 Å². The van der Waals surface area contributed by atoms with Crippen molar-refractivity contribution < 1.29 is 18.7 Å². The van der Waals surface area contributed by atoms with Gasteiger partial charge < -0.3 is 4.74 Å². The van der Waals surface area contributed by atoms with Gasteiger partial charge in [0, 0.05) is 4.57 Å². The van der Waals surface area contributed by atoms with Crippen molar-refractivity contribution in [3.63, 3.8) is 0 Å². The van der Waals surface area contributed by atoms with Gasteiger partial charge in [-0.25, -0.2) is 0 Å². The molecule has 0 spiro atoms. The van der Waals surface area contributed by atoms with Crippen LogP contribution in [0.3, 0.4) is 0 Å². The molecular formula is C12H16O4P+. The van der Waals surface area contributed by atoms with Crippen molar-refractivity contribution in [2.24, 2.45) is 0 Å². The summed E-state index contributed by atoms with van der Waals surface area (Å²) < 4.78 is 20.8. The lowest BCUT2D eigenvalue weighted by molar-refractivity contribution is 0.0178. The Morgan fingerprint density at radius 1 is 1.29 bits per heavy atom. The molecule has 1 fully saturated rings. The zero-order valence-electron chi connectivity index (χ0n) is 9.49. The summed E-state index contributed by atoms with van der Waals surface area (Å²) in [4.78, 5) is 8.55. The summed E-state index contributed by atoms with van der Waals surface area (Å²) in [7, 11) is -2.51. The molecule has 0 aromatic heterocycles. The van der Waals surface area contributed by atoms with Crippen LogP contribution >= 0.6 is 8.25 Å². The molecule has 1 aliphatic heterocycles. The van der Waals surface area contributed by atoms with E-state index in [1.54, 1.807) is 0 Å². The minimum Gasteiger partial charge on any atom is -0.372 e. The third-order valence-corrected chi connectivity index (χ3v) is 3.24. The topological polar surface area (TPSA) is 55.8 Å². The van der Waals surface area contributed by atoms with Crippen LogP contribution in [-0.4, -0.2) is 23.7 Å². The third-order valence-electron chi connectivity index (χ3n) is 2.87. The number of hydrogen-bond acceptors (Lipinski definition) is 3. The quantitative estimate of drug-likeness (QED) is 0.821. The van der Waals surface area contributed by atoms with Crippen molar-refractivity contribution in [3.8, 4) is 0 Å². The van der Waals surface area contributed by atoms with Crippen molar-refractivity contribution in [1.29, 1.82) is 0 Å². The van der Waals surface area contributed by atoms with Crippen LogP contribution in [0.2, 0.25) is 0 Å². The molecule has 1 N–H and O–H groups in total. The van der Waals surface area contributed by atoms with Gasteiger partial charge in [-0.3, -0.25) is 0 Å². The number of benzene rings is 1. The van der Waals surface area contributed by atoms with E-state index in [0.717, 1.165) is 19.3 Å². The molecule has 4 nitrogen and oxygen atoms in total. The van der Waals surface area contributed by atoms with Crippen molar-refractivity contribution in [1.82, 2.24) is 0 Å². The summed E-state index contributed by atoms with van der Waals surface area (Å²) in [6.07, 6.45) is 2.91. The second-order valence-corrected chi connectivity index (χ2v) is 4.91. The second kappa shape index (κ2) is 6.22. The second-order valence-electron chi connectivity index (χ2n) is 4.18. The first-order chi connectivity index (χ1) is 8.24. The average Bonchev–Trinajstić information content (AvgIpc) is 2.75. The van der Waals surface area contributed by atoms with Crippen LogP contribution in [0.4, 0.5) is 0 Å². The first kappa shape index (κ1) is 12.7. The Kier molecular flexibility index (Phi) is 4.63. The van der Waals surface area contributed by atoms with Gasteiger partial charge in [0.15, 0.2) is 0 Å². The molecule has 1 aromatic carbocycles. The normalized spacial score (nSPS) is 24.9. The minimum atomic E-state index is -2.51. The van der Waals surface area contributed by atoms with Gasteiger partial charge in [-0.1, -0.05) is 30.3 Å². The van der Waals surface area contributed by atoms with Gasteiger partial charge in [-0.2, -0.15) is 0 Å². The maximum atomic E-state index is 10.4. The summed E-state index contributed by atoms with van der Waals surface area (Å²) in [6, 6.07) is 10.2. The van der Waals surface area contributed by atoms with Gasteiger partial charge in [0.1, 0.15) is 6.61 Å². The summed E-state index contributed by atoms with van der Waals surface area (Å²) in [6.45, 7) is 0.205. The smallest absolute Gasteiger partial charge is 0.372 e. The zero-order chi connectivity index (χ0) is 12.1. The van der Waals surface area contributed by atoms with Crippen molar-refractivity contribution in [2.45, 2.75) is 31.5 Å². The van der Waals surface area contributed by atoms with Crippen LogP contribution in [0.25, 0.3) is 0 Å². The van der Waals surface area contributed by atoms with E-state index in [1.165, 1.54) is 5.56 Å². The molecule has 5 heteroatoms. The lowest BCUT2D eigenvalue weighted by Gasteiger charge is -2.11. The average molecular weight is 255 g/mol. The highest BCUT2D eigenvalue weighted by atomic mass is 31.1. The SMILES string of the molecule is O=[P+](O)OC[C@@H]1CC[C@H](Cc2ccccc2)O1. The molecule has 0 aliphatic carbocycles. The molecule has 1 aliphatic rings. The molecule has 17 heavy (non-hydrogen) atoms. The highest BCUT2D eigenvalue weighted by molar-refractivity contribution is 7.32. The summed E-state index contributed by atoms with van der Waals surface area (Å²) >= 11 is 0. The molecule has 1 saturated heterocycles. The number of hydrogen-bond donors (Lipinski definition) is 1. The number of ether oxygens (including phenoxy) is 1. The molecule has 0 amide bonds. The van der Waals surface area contributed by atoms with Crippen LogP contribution in [-0.2, 0) is 20.2 Å². The van der Waals surface area contributed by atoms with Gasteiger partial charge in [0.25, 0.3) is 0 Å². The molecule has 0 bridgehead atoms. The Hall–Kier alpha value is -0.800. The Balaban J connectivity index is 1.76. The molecule has 1 aromatic rings. The van der Waals surface area contributed by atoms with E-state index in [-0.39, 0.29) is 18.8 Å². The first-order valence-corrected chi connectivity index (χ1v) is 6.85. The van der Waals surface area contributed by atoms with Gasteiger partial charge in [0.2, 0.25) is 0 Å². The lowest BCUT2D eigenvalue weighted by Crippen LogP contribution is -2.16. The Morgan fingerprint density at radius 2 is 2.00 bits per heavy atom. The van der Waals surface area contributed by atoms with Crippen LogP contribution in [0.15, 0.2) is 30.3 Å². The fourth-order valence-corrected chi connectivity index (χ4v) is 2.37. The molecule has 1 heterocycles. The standard InChI is InChI=1S/C12H15O4P/c13-17(14)15-9-12-7-6-11(16-12)8-10-4-2-1-3-5-10/h1-5,11-12H,6-9H2/p+1/t11-,12+/m1/s1. The zero-order valence-corrected chi connectivity index (χ0v) is 10.4. The maximum Gasteiger partial charge on any atom is 0.694 e. The monoisotopic (exact) mass is 255 g/mol. The molecule has 0 saturated carbocycles. The van der Waals surface area contributed by atoms with E-state index in [9.17, 15) is 4.57 Å². The molecular weight excluding hydrogens is 239 g/mol. The minimum absolute atomic E-state index is 0.0465. The van der Waals surface area contributed by atoms with E-state index in [2.05, 4.69) is 16.7 Å². The predicted molar refractivity (Wildman–Crippen MR) is 63.8 cm³/mol. The fraction of sp³-hybridized carbons (Fsp3) is 0.500. The van der Waals surface area contributed by atoms with E-state index < -0.39 is 8.25 Å². The third kappa shape index (κ3) is 4.17. The van der Waals surface area contributed by atoms with Crippen LogP contribution in [0, 0.1) is 0 Å². The van der Waals surface area contributed by atoms with Crippen LogP contribution in [0.5, 0.6) is 0 Å². The lowest BCUT2D eigenvalue weighted by atomic mass is 10.1. The molecule has 3 atom stereocenters. The fourth-order valence-electron chi connectivity index (χ4n) is 2.08. The van der Waals surface area contributed by atoms with E-state index in [4.69, 9.17) is 9.63 Å². The Morgan fingerprint density at radius 3 is 2.71 bits per heavy atom. The van der Waals surface area contributed by atoms with Gasteiger partial charge >= 0.3 is 8.25 Å². The highest BCUT2D eigenvalue weighted by Gasteiger charge is 2.28. The van der Waals surface area contributed by atoms with E-state index >= 15 is 0 Å². The number of rotatable bonds is 5. The van der Waals surface area contributed by atoms with Crippen LogP contribution < -0.4 is 0 Å². The first-order valence-electron chi connectivity index (χ1n) is 5.72. The van der Waals surface area contributed by atoms with Gasteiger partial charge in [-0.05, 0) is 24.8 Å². The highest BCUT2D eigenvalue weighted by Crippen LogP contribution is 2.25. The predicted octanol–water partition coefficient (Wildman–Crippen LogP) is 2.44. The largest absolute Gasteiger partial charge is 0.694 e. The summed E-state index contributed by atoms with van der Waals surface area (Å²) in [5.74, 6) is 0. The molecule has 1 unspecified atom stereocenters. The Bertz CT molecular complexity index is 368. The molecule has 2 rings (SSSR count). The van der Waals surface area contributed by atoms with Crippen molar-refractivity contribution in [2.75, 3.05) is 6.61 Å². The van der Waals surface area contributed by atoms with Crippen LogP contribution in [0.1, 0.15) is 18.4 Å². The Labute approximate surface area is 102 Å². The van der Waals surface area contributed by atoms with E-state index in [1.807, 2.05) is 18.2 Å². The van der Waals surface area contributed by atoms with Gasteiger partial charge in [0.05, 0.1) is 12.2 Å². The summed E-state index contributed by atoms with van der Waals surface area (Å²) in [5, 5.41) is 0. The summed E-state index contributed by atoms with van der Waals surface area (Å²) in [5.41, 5.74) is 1.26. The maximum absolute atomic E-state index is 10.4. The molecule has 0 radical (unpaired) electrons. The van der Waals surface area contributed by atoms with E-state index in [0.29, 0.717) is 0 Å². The van der Waals surface area contributed by atoms with Crippen molar-refractivity contribution >= 4 is 8.25 Å². The molecule has 92 valence electrons.